The minimum absolute atomic E-state index is 0.168. The summed E-state index contributed by atoms with van der Waals surface area (Å²) in [6.07, 6.45) is -3.30. The van der Waals surface area contributed by atoms with Crippen molar-refractivity contribution in [2.45, 2.75) is 37.4 Å². The maximum Gasteiger partial charge on any atom is 0.194 e. The summed E-state index contributed by atoms with van der Waals surface area (Å²) in [7, 11) is 0. The number of ether oxygens (including phenoxy) is 1. The Labute approximate surface area is 70.2 Å². The molecule has 0 aromatic carbocycles. The third-order valence-electron chi connectivity index (χ3n) is 2.21. The van der Waals surface area contributed by atoms with E-state index in [0.717, 1.165) is 0 Å². The van der Waals surface area contributed by atoms with Gasteiger partial charge in [0.25, 0.3) is 0 Å². The summed E-state index contributed by atoms with van der Waals surface area (Å²) in [5, 5.41) is 36.7. The fourth-order valence-corrected chi connectivity index (χ4v) is 1.31. The zero-order valence-corrected chi connectivity index (χ0v) is 6.84. The molecule has 1 aliphatic heterocycles. The molecule has 0 unspecified atom stereocenters. The molecule has 0 aliphatic carbocycles. The quantitative estimate of drug-likeness (QED) is 0.400. The van der Waals surface area contributed by atoms with Crippen molar-refractivity contribution in [2.24, 2.45) is 0 Å². The van der Waals surface area contributed by atoms with E-state index in [1.807, 2.05) is 0 Å². The van der Waals surface area contributed by atoms with Crippen molar-refractivity contribution in [3.63, 3.8) is 0 Å². The number of hydrogen-bond donors (Lipinski definition) is 4. The Morgan fingerprint density at radius 3 is 2.25 bits per heavy atom. The van der Waals surface area contributed by atoms with Crippen LogP contribution in [0.2, 0.25) is 0 Å². The normalized spacial score (nSPS) is 48.2. The molecule has 1 saturated heterocycles. The Hall–Kier alpha value is -0.200. The van der Waals surface area contributed by atoms with Crippen LogP contribution in [0.15, 0.2) is 0 Å². The van der Waals surface area contributed by atoms with Crippen molar-refractivity contribution in [2.75, 3.05) is 6.61 Å². The first-order chi connectivity index (χ1) is 5.55. The van der Waals surface area contributed by atoms with Gasteiger partial charge < -0.3 is 25.2 Å². The summed E-state index contributed by atoms with van der Waals surface area (Å²) >= 11 is 0. The van der Waals surface area contributed by atoms with Crippen LogP contribution in [0.4, 0.5) is 0 Å². The maximum atomic E-state index is 9.50. The average molecular weight is 178 g/mol. The highest BCUT2D eigenvalue weighted by Gasteiger charge is 2.51. The van der Waals surface area contributed by atoms with Gasteiger partial charge in [0, 0.05) is 6.42 Å². The van der Waals surface area contributed by atoms with Crippen LogP contribution in [0.1, 0.15) is 13.3 Å². The zero-order chi connectivity index (χ0) is 9.35. The van der Waals surface area contributed by atoms with E-state index in [0.29, 0.717) is 0 Å². The molecular formula is C7H14O5. The minimum Gasteiger partial charge on any atom is -0.394 e. The van der Waals surface area contributed by atoms with E-state index in [1.54, 1.807) is 6.92 Å². The van der Waals surface area contributed by atoms with Crippen LogP contribution in [-0.2, 0) is 4.74 Å². The smallest absolute Gasteiger partial charge is 0.194 e. The predicted octanol–water partition coefficient (Wildman–Crippen LogP) is -1.80. The summed E-state index contributed by atoms with van der Waals surface area (Å²) in [6.45, 7) is 1.20. The molecule has 0 aromatic heterocycles. The van der Waals surface area contributed by atoms with E-state index in [1.165, 1.54) is 0 Å². The highest BCUT2D eigenvalue weighted by atomic mass is 16.7. The van der Waals surface area contributed by atoms with Crippen molar-refractivity contribution in [1.29, 1.82) is 0 Å². The lowest BCUT2D eigenvalue weighted by Gasteiger charge is -2.23. The Balaban J connectivity index is 2.72. The van der Waals surface area contributed by atoms with Gasteiger partial charge >= 0.3 is 0 Å². The molecule has 5 heteroatoms. The number of rotatable bonds is 2. The zero-order valence-electron chi connectivity index (χ0n) is 6.84. The summed E-state index contributed by atoms with van der Waals surface area (Å²) < 4.78 is 4.88. The molecule has 4 N–H and O–H groups in total. The van der Waals surface area contributed by atoms with Crippen molar-refractivity contribution in [3.05, 3.63) is 0 Å². The molecule has 1 aliphatic rings. The highest BCUT2D eigenvalue weighted by Crippen LogP contribution is 2.31. The van der Waals surface area contributed by atoms with Crippen LogP contribution < -0.4 is 0 Å². The third-order valence-corrected chi connectivity index (χ3v) is 2.21. The lowest BCUT2D eigenvalue weighted by Crippen LogP contribution is -2.42. The van der Waals surface area contributed by atoms with Crippen LogP contribution in [-0.4, -0.2) is 51.1 Å². The lowest BCUT2D eigenvalue weighted by molar-refractivity contribution is -0.231. The molecule has 12 heavy (non-hydrogen) atoms. The van der Waals surface area contributed by atoms with E-state index in [-0.39, 0.29) is 6.42 Å². The van der Waals surface area contributed by atoms with Gasteiger partial charge in [-0.2, -0.15) is 0 Å². The number of aliphatic hydroxyl groups is 4. The fourth-order valence-electron chi connectivity index (χ4n) is 1.31. The van der Waals surface area contributed by atoms with Crippen LogP contribution >= 0.6 is 0 Å². The van der Waals surface area contributed by atoms with Gasteiger partial charge in [-0.05, 0) is 0 Å². The monoisotopic (exact) mass is 178 g/mol. The van der Waals surface area contributed by atoms with E-state index in [9.17, 15) is 15.3 Å². The Morgan fingerprint density at radius 1 is 1.42 bits per heavy atom. The molecule has 72 valence electrons. The van der Waals surface area contributed by atoms with Gasteiger partial charge in [-0.25, -0.2) is 0 Å². The SMILES string of the molecule is CC[C@@]1(O)O[C@H](CO)[C@H](O)[C@H]1O. The molecule has 0 radical (unpaired) electrons. The highest BCUT2D eigenvalue weighted by molar-refractivity contribution is 4.94. The molecule has 1 rings (SSSR count). The molecule has 4 atom stereocenters. The number of hydrogen-bond acceptors (Lipinski definition) is 5. The number of aliphatic hydroxyl groups excluding tert-OH is 3. The molecular weight excluding hydrogens is 164 g/mol. The van der Waals surface area contributed by atoms with Crippen molar-refractivity contribution >= 4 is 0 Å². The van der Waals surface area contributed by atoms with Crippen molar-refractivity contribution < 1.29 is 25.2 Å². The summed E-state index contributed by atoms with van der Waals surface area (Å²) in [4.78, 5) is 0. The predicted molar refractivity (Wildman–Crippen MR) is 39.2 cm³/mol. The van der Waals surface area contributed by atoms with Crippen LogP contribution in [0.25, 0.3) is 0 Å². The minimum atomic E-state index is -1.72. The molecule has 0 amide bonds. The van der Waals surface area contributed by atoms with E-state index >= 15 is 0 Å². The van der Waals surface area contributed by atoms with Crippen LogP contribution in [0.3, 0.4) is 0 Å². The van der Waals surface area contributed by atoms with Crippen molar-refractivity contribution in [1.82, 2.24) is 0 Å². The average Bonchev–Trinajstić information content (AvgIpc) is 2.31. The lowest BCUT2D eigenvalue weighted by atomic mass is 10.0. The van der Waals surface area contributed by atoms with Gasteiger partial charge in [-0.1, -0.05) is 6.92 Å². The summed E-state index contributed by atoms with van der Waals surface area (Å²) in [6, 6.07) is 0. The van der Waals surface area contributed by atoms with Gasteiger partial charge in [0.2, 0.25) is 0 Å². The van der Waals surface area contributed by atoms with Gasteiger partial charge in [0.15, 0.2) is 5.79 Å². The first-order valence-corrected chi connectivity index (χ1v) is 3.92. The molecule has 0 saturated carbocycles. The fraction of sp³-hybridized carbons (Fsp3) is 1.00. The topological polar surface area (TPSA) is 90.2 Å². The first-order valence-electron chi connectivity index (χ1n) is 3.92. The van der Waals surface area contributed by atoms with E-state index < -0.39 is 30.7 Å². The maximum absolute atomic E-state index is 9.50. The Bertz CT molecular complexity index is 162. The molecule has 1 fully saturated rings. The molecule has 1 heterocycles. The summed E-state index contributed by atoms with van der Waals surface area (Å²) in [5.74, 6) is -1.72. The van der Waals surface area contributed by atoms with E-state index in [4.69, 9.17) is 9.84 Å². The molecule has 0 bridgehead atoms. The first kappa shape index (κ1) is 9.88. The Kier molecular flexibility index (Phi) is 2.70. The Morgan fingerprint density at radius 2 is 2.00 bits per heavy atom. The van der Waals surface area contributed by atoms with Gasteiger partial charge in [0.1, 0.15) is 18.3 Å². The molecule has 5 nitrogen and oxygen atoms in total. The molecule has 0 spiro atoms. The van der Waals surface area contributed by atoms with Crippen molar-refractivity contribution in [3.8, 4) is 0 Å². The molecule has 0 aromatic rings. The van der Waals surface area contributed by atoms with Gasteiger partial charge in [-0.3, -0.25) is 0 Å². The largest absolute Gasteiger partial charge is 0.394 e. The second-order valence-corrected chi connectivity index (χ2v) is 2.97. The second-order valence-electron chi connectivity index (χ2n) is 2.97. The van der Waals surface area contributed by atoms with E-state index in [2.05, 4.69) is 0 Å². The third kappa shape index (κ3) is 1.34. The van der Waals surface area contributed by atoms with Crippen LogP contribution in [0, 0.1) is 0 Å². The summed E-state index contributed by atoms with van der Waals surface area (Å²) in [5.41, 5.74) is 0. The van der Waals surface area contributed by atoms with Gasteiger partial charge in [-0.15, -0.1) is 0 Å². The second kappa shape index (κ2) is 3.27. The van der Waals surface area contributed by atoms with Crippen LogP contribution in [0.5, 0.6) is 0 Å². The van der Waals surface area contributed by atoms with Gasteiger partial charge in [0.05, 0.1) is 6.61 Å². The standard InChI is InChI=1S/C7H14O5/c1-2-7(11)6(10)5(9)4(3-8)12-7/h4-6,8-11H,2-3H2,1H3/t4-,5+,6-,7-/m1/s1.